The largest absolute Gasteiger partial charge is 0.493 e. The van der Waals surface area contributed by atoms with Crippen molar-refractivity contribution in [2.45, 2.75) is 6.42 Å². The second kappa shape index (κ2) is 8.62. The fourth-order valence-electron chi connectivity index (χ4n) is 3.85. The molecule has 0 saturated carbocycles. The molecule has 2 aliphatic rings. The normalized spacial score (nSPS) is 16.7. The lowest BCUT2D eigenvalue weighted by molar-refractivity contribution is -0.122. The van der Waals surface area contributed by atoms with E-state index in [1.165, 1.54) is 11.3 Å². The van der Waals surface area contributed by atoms with Crippen molar-refractivity contribution in [1.29, 1.82) is 0 Å². The number of hydrogen-bond donors (Lipinski definition) is 1. The molecule has 3 aromatic rings. The van der Waals surface area contributed by atoms with Crippen molar-refractivity contribution < 1.29 is 28.5 Å². The number of nitrogens with zero attached hydrogens (tertiary/aromatic N) is 2. The lowest BCUT2D eigenvalue weighted by atomic mass is 10.1. The number of ether oxygens (including phenoxy) is 4. The summed E-state index contributed by atoms with van der Waals surface area (Å²) in [5, 5.41) is 5.18. The molecule has 0 radical (unpaired) electrons. The van der Waals surface area contributed by atoms with Crippen LogP contribution in [0.1, 0.15) is 6.42 Å². The average molecular weight is 468 g/mol. The van der Waals surface area contributed by atoms with Crippen LogP contribution >= 0.6 is 11.3 Å². The van der Waals surface area contributed by atoms with E-state index in [0.717, 1.165) is 5.56 Å². The van der Waals surface area contributed by atoms with Crippen molar-refractivity contribution in [3.63, 3.8) is 0 Å². The van der Waals surface area contributed by atoms with Crippen molar-refractivity contribution in [1.82, 2.24) is 4.98 Å². The first kappa shape index (κ1) is 21.1. The summed E-state index contributed by atoms with van der Waals surface area (Å²) in [4.78, 5) is 31.6. The fourth-order valence-corrected chi connectivity index (χ4v) is 4.58. The number of carbonyl (C=O) groups is 2. The van der Waals surface area contributed by atoms with Crippen LogP contribution in [0.2, 0.25) is 0 Å². The summed E-state index contributed by atoms with van der Waals surface area (Å²) in [5.41, 5.74) is 2.24. The summed E-state index contributed by atoms with van der Waals surface area (Å²) < 4.78 is 21.3. The second-order valence-electron chi connectivity index (χ2n) is 7.54. The molecular formula is C23H21N3O6S. The number of benzene rings is 2. The Morgan fingerprint density at radius 3 is 2.76 bits per heavy atom. The number of aromatic nitrogens is 1. The molecule has 2 amide bonds. The van der Waals surface area contributed by atoms with Crippen LogP contribution in [0.4, 0.5) is 10.8 Å². The van der Waals surface area contributed by atoms with Crippen molar-refractivity contribution in [3.05, 3.63) is 41.8 Å². The summed E-state index contributed by atoms with van der Waals surface area (Å²) in [6.07, 6.45) is 0.133. The van der Waals surface area contributed by atoms with Crippen LogP contribution in [0.15, 0.2) is 41.8 Å². The molecule has 1 unspecified atom stereocenters. The van der Waals surface area contributed by atoms with Gasteiger partial charge in [-0.1, -0.05) is 0 Å². The highest BCUT2D eigenvalue weighted by Crippen LogP contribution is 2.37. The minimum absolute atomic E-state index is 0.112. The van der Waals surface area contributed by atoms with E-state index in [1.54, 1.807) is 43.4 Å². The van der Waals surface area contributed by atoms with Gasteiger partial charge in [-0.2, -0.15) is 0 Å². The maximum absolute atomic E-state index is 12.8. The van der Waals surface area contributed by atoms with Gasteiger partial charge in [0.15, 0.2) is 28.1 Å². The molecular weight excluding hydrogens is 446 g/mol. The molecule has 0 aliphatic carbocycles. The van der Waals surface area contributed by atoms with Gasteiger partial charge in [-0.3, -0.25) is 9.59 Å². The van der Waals surface area contributed by atoms with Gasteiger partial charge >= 0.3 is 0 Å². The van der Waals surface area contributed by atoms with Crippen LogP contribution < -0.4 is 29.2 Å². The van der Waals surface area contributed by atoms with Gasteiger partial charge in [-0.25, -0.2) is 4.98 Å². The molecule has 1 saturated heterocycles. The number of amides is 2. The molecule has 3 heterocycles. The first-order chi connectivity index (χ1) is 16.1. The molecule has 1 aromatic heterocycles. The van der Waals surface area contributed by atoms with E-state index in [4.69, 9.17) is 18.9 Å². The highest BCUT2D eigenvalue weighted by atomic mass is 32.1. The molecule has 0 spiro atoms. The molecule has 2 aromatic carbocycles. The number of rotatable bonds is 6. The number of thiazole rings is 1. The van der Waals surface area contributed by atoms with E-state index >= 15 is 0 Å². The van der Waals surface area contributed by atoms with Crippen molar-refractivity contribution >= 4 is 34.0 Å². The maximum atomic E-state index is 12.8. The third kappa shape index (κ3) is 4.05. The van der Waals surface area contributed by atoms with E-state index in [1.807, 2.05) is 17.5 Å². The summed E-state index contributed by atoms with van der Waals surface area (Å²) >= 11 is 1.32. The summed E-state index contributed by atoms with van der Waals surface area (Å²) in [7, 11) is 3.15. The predicted octanol–water partition coefficient (Wildman–Crippen LogP) is 3.55. The first-order valence-electron chi connectivity index (χ1n) is 10.2. The number of fused-ring (bicyclic) bond motifs is 1. The maximum Gasteiger partial charge on any atom is 0.231 e. The Bertz CT molecular complexity index is 1230. The van der Waals surface area contributed by atoms with Crippen LogP contribution in [0.25, 0.3) is 11.3 Å². The molecule has 170 valence electrons. The Hall–Kier alpha value is -3.79. The fraction of sp³-hybridized carbons (Fsp3) is 0.261. The van der Waals surface area contributed by atoms with Crippen molar-refractivity contribution in [2.75, 3.05) is 37.8 Å². The number of hydrogen-bond acceptors (Lipinski definition) is 8. The molecule has 2 aliphatic heterocycles. The summed E-state index contributed by atoms with van der Waals surface area (Å²) in [6.45, 7) is 0.453. The van der Waals surface area contributed by atoms with Crippen LogP contribution in [0, 0.1) is 5.92 Å². The summed E-state index contributed by atoms with van der Waals surface area (Å²) in [6, 6.07) is 10.8. The zero-order valence-electron chi connectivity index (χ0n) is 18.0. The van der Waals surface area contributed by atoms with Gasteiger partial charge in [0.25, 0.3) is 0 Å². The lowest BCUT2D eigenvalue weighted by Crippen LogP contribution is -2.28. The van der Waals surface area contributed by atoms with Crippen molar-refractivity contribution in [2.24, 2.45) is 5.92 Å². The van der Waals surface area contributed by atoms with Crippen LogP contribution in [0.3, 0.4) is 0 Å². The van der Waals surface area contributed by atoms with Gasteiger partial charge in [-0.05, 0) is 30.3 Å². The van der Waals surface area contributed by atoms with Gasteiger partial charge in [-0.15, -0.1) is 11.3 Å². The smallest absolute Gasteiger partial charge is 0.231 e. The number of methoxy groups -OCH3 is 2. The molecule has 9 nitrogen and oxygen atoms in total. The molecule has 10 heteroatoms. The Balaban J connectivity index is 1.26. The van der Waals surface area contributed by atoms with Crippen LogP contribution in [-0.2, 0) is 9.59 Å². The standard InChI is InChI=1S/C23H21N3O6S/c1-29-17-5-3-13(7-19(17)30-2)16-11-33-23(24-16)25-22(28)14-8-21(27)26(10-14)15-4-6-18-20(9-15)32-12-31-18/h3-7,9,11,14H,8,10,12H2,1-2H3,(H,24,25,28). The molecule has 1 atom stereocenters. The van der Waals surface area contributed by atoms with Crippen LogP contribution in [0.5, 0.6) is 23.0 Å². The summed E-state index contributed by atoms with van der Waals surface area (Å²) in [5.74, 6) is 1.65. The Kier molecular flexibility index (Phi) is 5.51. The van der Waals surface area contributed by atoms with Gasteiger partial charge in [0.2, 0.25) is 18.6 Å². The molecule has 5 rings (SSSR count). The number of carbonyl (C=O) groups excluding carboxylic acids is 2. The van der Waals surface area contributed by atoms with E-state index in [0.29, 0.717) is 39.5 Å². The SMILES string of the molecule is COc1ccc(-c2csc(NC(=O)C3CC(=O)N(c4ccc5c(c4)OCO5)C3)n2)cc1OC. The molecule has 1 N–H and O–H groups in total. The van der Waals surface area contributed by atoms with Crippen molar-refractivity contribution in [3.8, 4) is 34.3 Å². The third-order valence-corrected chi connectivity index (χ3v) is 6.33. The molecule has 1 fully saturated rings. The Morgan fingerprint density at radius 1 is 1.12 bits per heavy atom. The van der Waals surface area contributed by atoms with E-state index < -0.39 is 5.92 Å². The zero-order chi connectivity index (χ0) is 22.9. The highest BCUT2D eigenvalue weighted by molar-refractivity contribution is 7.14. The Morgan fingerprint density at radius 2 is 1.94 bits per heavy atom. The minimum Gasteiger partial charge on any atom is -0.493 e. The topological polar surface area (TPSA) is 99.2 Å². The third-order valence-electron chi connectivity index (χ3n) is 5.58. The van der Waals surface area contributed by atoms with Gasteiger partial charge < -0.3 is 29.2 Å². The second-order valence-corrected chi connectivity index (χ2v) is 8.40. The number of anilines is 2. The van der Waals surface area contributed by atoms with Crippen LogP contribution in [-0.4, -0.2) is 44.4 Å². The monoisotopic (exact) mass is 467 g/mol. The quantitative estimate of drug-likeness (QED) is 0.592. The van der Waals surface area contributed by atoms with Gasteiger partial charge in [0.1, 0.15) is 0 Å². The van der Waals surface area contributed by atoms with Gasteiger partial charge in [0.05, 0.1) is 25.8 Å². The lowest BCUT2D eigenvalue weighted by Gasteiger charge is -2.17. The zero-order valence-corrected chi connectivity index (χ0v) is 18.8. The Labute approximate surface area is 193 Å². The predicted molar refractivity (Wildman–Crippen MR) is 122 cm³/mol. The van der Waals surface area contributed by atoms with E-state index in [9.17, 15) is 9.59 Å². The van der Waals surface area contributed by atoms with E-state index in [-0.39, 0.29) is 31.6 Å². The first-order valence-corrected chi connectivity index (χ1v) is 11.1. The minimum atomic E-state index is -0.476. The average Bonchev–Trinajstić information content (AvgIpc) is 3.57. The van der Waals surface area contributed by atoms with E-state index in [2.05, 4.69) is 10.3 Å². The number of nitrogens with one attached hydrogen (secondary N) is 1. The highest BCUT2D eigenvalue weighted by Gasteiger charge is 2.36. The molecule has 0 bridgehead atoms. The molecule has 33 heavy (non-hydrogen) atoms. The van der Waals surface area contributed by atoms with Gasteiger partial charge in [0, 0.05) is 35.7 Å².